The summed E-state index contributed by atoms with van der Waals surface area (Å²) in [5, 5.41) is 0. The van der Waals surface area contributed by atoms with Gasteiger partial charge in [0, 0.05) is 11.7 Å². The maximum absolute atomic E-state index is 12.8. The average Bonchev–Trinajstić information content (AvgIpc) is 2.39. The van der Waals surface area contributed by atoms with Gasteiger partial charge in [-0.15, -0.1) is 0 Å². The molecule has 1 saturated carbocycles. The van der Waals surface area contributed by atoms with Crippen molar-refractivity contribution in [1.29, 1.82) is 0 Å². The van der Waals surface area contributed by atoms with Crippen molar-refractivity contribution in [1.82, 2.24) is 4.72 Å². The van der Waals surface area contributed by atoms with Gasteiger partial charge in [-0.2, -0.15) is 0 Å². The molecule has 3 N–H and O–H groups in total. The first-order valence-electron chi connectivity index (χ1n) is 7.62. The van der Waals surface area contributed by atoms with Crippen molar-refractivity contribution >= 4 is 15.7 Å². The van der Waals surface area contributed by atoms with Gasteiger partial charge >= 0.3 is 0 Å². The van der Waals surface area contributed by atoms with E-state index >= 15 is 0 Å². The third-order valence-corrected chi connectivity index (χ3v) is 6.71. The Morgan fingerprint density at radius 2 is 1.86 bits per heavy atom. The molecule has 1 aromatic carbocycles. The molecule has 21 heavy (non-hydrogen) atoms. The summed E-state index contributed by atoms with van der Waals surface area (Å²) in [4.78, 5) is 0.341. The Kier molecular flexibility index (Phi) is 4.63. The first-order valence-corrected chi connectivity index (χ1v) is 9.10. The molecule has 1 fully saturated rings. The molecular formula is C16H26N2O2S. The van der Waals surface area contributed by atoms with Crippen molar-refractivity contribution in [2.45, 2.75) is 57.9 Å². The second-order valence-electron chi connectivity index (χ2n) is 6.42. The van der Waals surface area contributed by atoms with Gasteiger partial charge in [0.1, 0.15) is 0 Å². The van der Waals surface area contributed by atoms with E-state index in [4.69, 9.17) is 5.73 Å². The lowest BCUT2D eigenvalue weighted by molar-refractivity contribution is 0.227. The van der Waals surface area contributed by atoms with Crippen LogP contribution < -0.4 is 10.5 Å². The van der Waals surface area contributed by atoms with Crippen molar-refractivity contribution in [2.75, 3.05) is 5.73 Å². The minimum atomic E-state index is -3.53. The molecule has 5 heteroatoms. The number of hydrogen-bond acceptors (Lipinski definition) is 3. The van der Waals surface area contributed by atoms with Crippen molar-refractivity contribution in [2.24, 2.45) is 11.8 Å². The molecular weight excluding hydrogens is 284 g/mol. The van der Waals surface area contributed by atoms with E-state index in [0.29, 0.717) is 28.0 Å². The van der Waals surface area contributed by atoms with Gasteiger partial charge in [0.05, 0.1) is 4.90 Å². The molecule has 0 aromatic heterocycles. The zero-order chi connectivity index (χ0) is 15.8. The summed E-state index contributed by atoms with van der Waals surface area (Å²) in [6, 6.07) is 3.54. The molecule has 0 saturated heterocycles. The number of nitrogens with two attached hydrogens (primary N) is 1. The van der Waals surface area contributed by atoms with Gasteiger partial charge in [-0.3, -0.25) is 0 Å². The van der Waals surface area contributed by atoms with Crippen molar-refractivity contribution in [3.63, 3.8) is 0 Å². The summed E-state index contributed by atoms with van der Waals surface area (Å²) in [5.74, 6) is 0.907. The lowest BCUT2D eigenvalue weighted by atomic mass is 9.78. The number of nitrogens with one attached hydrogen (secondary N) is 1. The molecule has 2 rings (SSSR count). The van der Waals surface area contributed by atoms with Gasteiger partial charge < -0.3 is 5.73 Å². The number of anilines is 1. The average molecular weight is 310 g/mol. The zero-order valence-corrected chi connectivity index (χ0v) is 14.1. The van der Waals surface area contributed by atoms with E-state index in [1.807, 2.05) is 6.92 Å². The predicted molar refractivity (Wildman–Crippen MR) is 86.6 cm³/mol. The number of benzene rings is 1. The van der Waals surface area contributed by atoms with Crippen LogP contribution in [0.4, 0.5) is 5.69 Å². The number of rotatable bonds is 3. The molecule has 4 nitrogen and oxygen atoms in total. The fourth-order valence-electron chi connectivity index (χ4n) is 3.26. The Balaban J connectivity index is 2.33. The van der Waals surface area contributed by atoms with Crippen LogP contribution in [0.2, 0.25) is 0 Å². The fraction of sp³-hybridized carbons (Fsp3) is 0.625. The molecule has 3 unspecified atom stereocenters. The smallest absolute Gasteiger partial charge is 0.241 e. The highest BCUT2D eigenvalue weighted by atomic mass is 32.2. The van der Waals surface area contributed by atoms with Crippen molar-refractivity contribution in [3.05, 3.63) is 23.3 Å². The first kappa shape index (κ1) is 16.3. The highest BCUT2D eigenvalue weighted by Crippen LogP contribution is 2.31. The zero-order valence-electron chi connectivity index (χ0n) is 13.3. The fourth-order valence-corrected chi connectivity index (χ4v) is 5.12. The van der Waals surface area contributed by atoms with E-state index in [-0.39, 0.29) is 6.04 Å². The Morgan fingerprint density at radius 3 is 2.52 bits per heavy atom. The summed E-state index contributed by atoms with van der Waals surface area (Å²) in [6.07, 6.45) is 3.16. The summed E-state index contributed by atoms with van der Waals surface area (Å²) in [7, 11) is -3.53. The van der Waals surface area contributed by atoms with E-state index < -0.39 is 10.0 Å². The largest absolute Gasteiger partial charge is 0.398 e. The number of aryl methyl sites for hydroxylation is 1. The minimum absolute atomic E-state index is 0.0129. The second-order valence-corrected chi connectivity index (χ2v) is 8.07. The highest BCUT2D eigenvalue weighted by Gasteiger charge is 2.32. The molecule has 0 radical (unpaired) electrons. The second kappa shape index (κ2) is 5.97. The van der Waals surface area contributed by atoms with Gasteiger partial charge in [0.15, 0.2) is 0 Å². The van der Waals surface area contributed by atoms with Gasteiger partial charge in [0.2, 0.25) is 10.0 Å². The van der Waals surface area contributed by atoms with Crippen LogP contribution in [-0.2, 0) is 10.0 Å². The third kappa shape index (κ3) is 3.24. The molecule has 0 bridgehead atoms. The molecule has 1 aliphatic carbocycles. The van der Waals surface area contributed by atoms with Crippen molar-refractivity contribution < 1.29 is 8.42 Å². The van der Waals surface area contributed by atoms with Crippen LogP contribution in [0.5, 0.6) is 0 Å². The van der Waals surface area contributed by atoms with Gasteiger partial charge in [-0.25, -0.2) is 13.1 Å². The van der Waals surface area contributed by atoms with E-state index in [2.05, 4.69) is 18.6 Å². The van der Waals surface area contributed by atoms with Gasteiger partial charge in [0.25, 0.3) is 0 Å². The standard InChI is InChI=1S/C16H26N2O2S/c1-10-6-5-7-15(12(10)3)18-21(19,20)16-11(2)8-9-14(17)13(16)4/h8-10,12,15,18H,5-7,17H2,1-4H3. The maximum Gasteiger partial charge on any atom is 0.241 e. The highest BCUT2D eigenvalue weighted by molar-refractivity contribution is 7.89. The summed E-state index contributed by atoms with van der Waals surface area (Å²) in [6.45, 7) is 7.91. The molecule has 0 aliphatic heterocycles. The topological polar surface area (TPSA) is 72.2 Å². The Bertz CT molecular complexity index is 625. The van der Waals surface area contributed by atoms with Crippen LogP contribution in [0, 0.1) is 25.7 Å². The minimum Gasteiger partial charge on any atom is -0.398 e. The molecule has 0 heterocycles. The van der Waals surface area contributed by atoms with E-state index in [1.54, 1.807) is 19.1 Å². The monoisotopic (exact) mass is 310 g/mol. The van der Waals surface area contributed by atoms with Crippen LogP contribution in [0.3, 0.4) is 0 Å². The lowest BCUT2D eigenvalue weighted by Gasteiger charge is -2.34. The number of sulfonamides is 1. The molecule has 3 atom stereocenters. The maximum atomic E-state index is 12.8. The number of nitrogen functional groups attached to an aromatic ring is 1. The van der Waals surface area contributed by atoms with Crippen LogP contribution in [-0.4, -0.2) is 14.5 Å². The van der Waals surface area contributed by atoms with Crippen LogP contribution >= 0.6 is 0 Å². The summed E-state index contributed by atoms with van der Waals surface area (Å²) >= 11 is 0. The molecule has 0 spiro atoms. The predicted octanol–water partition coefficient (Wildman–Crippen LogP) is 2.99. The quantitative estimate of drug-likeness (QED) is 0.843. The molecule has 1 aliphatic rings. The van der Waals surface area contributed by atoms with Gasteiger partial charge in [-0.1, -0.05) is 32.8 Å². The summed E-state index contributed by atoms with van der Waals surface area (Å²) in [5.41, 5.74) is 7.78. The van der Waals surface area contributed by atoms with Crippen LogP contribution in [0.15, 0.2) is 17.0 Å². The lowest BCUT2D eigenvalue weighted by Crippen LogP contribution is -2.44. The SMILES string of the molecule is Cc1ccc(N)c(C)c1S(=O)(=O)NC1CCCC(C)C1C. The number of hydrogen-bond donors (Lipinski definition) is 2. The van der Waals surface area contributed by atoms with Crippen LogP contribution in [0.1, 0.15) is 44.2 Å². The van der Waals surface area contributed by atoms with E-state index in [9.17, 15) is 8.42 Å². The van der Waals surface area contributed by atoms with Gasteiger partial charge in [-0.05, 0) is 49.3 Å². The Labute approximate surface area is 128 Å². The van der Waals surface area contributed by atoms with E-state index in [1.165, 1.54) is 6.42 Å². The molecule has 118 valence electrons. The third-order valence-electron chi connectivity index (χ3n) is 4.93. The molecule has 0 amide bonds. The first-order chi connectivity index (χ1) is 9.74. The van der Waals surface area contributed by atoms with Crippen molar-refractivity contribution in [3.8, 4) is 0 Å². The normalized spacial score (nSPS) is 26.8. The summed E-state index contributed by atoms with van der Waals surface area (Å²) < 4.78 is 28.5. The van der Waals surface area contributed by atoms with E-state index in [0.717, 1.165) is 18.4 Å². The molecule has 1 aromatic rings. The van der Waals surface area contributed by atoms with Crippen LogP contribution in [0.25, 0.3) is 0 Å². The Morgan fingerprint density at radius 1 is 1.19 bits per heavy atom. The Hall–Kier alpha value is -1.07.